The van der Waals surface area contributed by atoms with Gasteiger partial charge in [-0.05, 0) is 78.6 Å². The predicted molar refractivity (Wildman–Crippen MR) is 87.1 cm³/mol. The Morgan fingerprint density at radius 3 is 2.62 bits per heavy atom. The Kier molecular flexibility index (Phi) is 4.97. The van der Waals surface area contributed by atoms with Crippen LogP contribution in [0.5, 0.6) is 5.75 Å². The van der Waals surface area contributed by atoms with Crippen molar-refractivity contribution in [1.82, 2.24) is 0 Å². The molecule has 1 aromatic rings. The van der Waals surface area contributed by atoms with E-state index in [-0.39, 0.29) is 0 Å². The van der Waals surface area contributed by atoms with Crippen molar-refractivity contribution in [2.75, 3.05) is 7.11 Å². The number of aryl methyl sites for hydroxylation is 1. The van der Waals surface area contributed by atoms with Crippen LogP contribution in [0.1, 0.15) is 49.8 Å². The third-order valence-corrected chi connectivity index (χ3v) is 5.12. The molecule has 0 fully saturated rings. The van der Waals surface area contributed by atoms with E-state index < -0.39 is 11.4 Å². The van der Waals surface area contributed by atoms with Crippen molar-refractivity contribution in [3.8, 4) is 5.75 Å². The lowest BCUT2D eigenvalue weighted by Gasteiger charge is -2.23. The fourth-order valence-corrected chi connectivity index (χ4v) is 3.84. The molecule has 0 aliphatic heterocycles. The van der Waals surface area contributed by atoms with Crippen molar-refractivity contribution < 1.29 is 14.6 Å². The first kappa shape index (κ1) is 16.3. The van der Waals surface area contributed by atoms with Crippen LogP contribution >= 0.6 is 15.9 Å². The van der Waals surface area contributed by atoms with Gasteiger partial charge in [0.15, 0.2) is 0 Å². The molecule has 4 heteroatoms. The molecule has 0 spiro atoms. The summed E-state index contributed by atoms with van der Waals surface area (Å²) in [7, 11) is 1.65. The minimum Gasteiger partial charge on any atom is -0.495 e. The number of hydrogen-bond acceptors (Lipinski definition) is 2. The van der Waals surface area contributed by atoms with Crippen LogP contribution in [0.4, 0.5) is 0 Å². The van der Waals surface area contributed by atoms with Gasteiger partial charge in [0, 0.05) is 0 Å². The van der Waals surface area contributed by atoms with Crippen LogP contribution in [-0.2, 0) is 24.1 Å². The number of methoxy groups -OCH3 is 1. The molecule has 2 rings (SSSR count). The van der Waals surface area contributed by atoms with Crippen LogP contribution in [-0.4, -0.2) is 18.2 Å². The van der Waals surface area contributed by atoms with E-state index in [1.54, 1.807) is 21.0 Å². The Morgan fingerprint density at radius 2 is 2.00 bits per heavy atom. The molecule has 0 unspecified atom stereocenters. The SMILES string of the molecule is COc1c(CC(C)(C)C(=O)O)cc2c(c1Br)CCCCC2. The van der Waals surface area contributed by atoms with E-state index in [2.05, 4.69) is 22.0 Å². The maximum Gasteiger partial charge on any atom is 0.309 e. The fraction of sp³-hybridized carbons (Fsp3) is 0.588. The minimum atomic E-state index is -0.800. The quantitative estimate of drug-likeness (QED) is 0.816. The van der Waals surface area contributed by atoms with Crippen molar-refractivity contribution in [3.63, 3.8) is 0 Å². The number of aliphatic carboxylic acids is 1. The molecule has 1 aromatic carbocycles. The lowest BCUT2D eigenvalue weighted by molar-refractivity contribution is -0.146. The summed E-state index contributed by atoms with van der Waals surface area (Å²) < 4.78 is 6.58. The van der Waals surface area contributed by atoms with Gasteiger partial charge in [0.2, 0.25) is 0 Å². The van der Waals surface area contributed by atoms with Crippen molar-refractivity contribution >= 4 is 21.9 Å². The van der Waals surface area contributed by atoms with E-state index in [1.165, 1.54) is 30.4 Å². The molecule has 0 atom stereocenters. The van der Waals surface area contributed by atoms with Crippen molar-refractivity contribution in [2.24, 2.45) is 5.41 Å². The maximum absolute atomic E-state index is 11.4. The van der Waals surface area contributed by atoms with Crippen LogP contribution in [0.3, 0.4) is 0 Å². The summed E-state index contributed by atoms with van der Waals surface area (Å²) in [6.45, 7) is 3.52. The van der Waals surface area contributed by atoms with Crippen LogP contribution in [0.2, 0.25) is 0 Å². The fourth-order valence-electron chi connectivity index (χ4n) is 2.97. The first-order valence-electron chi connectivity index (χ1n) is 7.47. The zero-order chi connectivity index (χ0) is 15.6. The predicted octanol–water partition coefficient (Wildman–Crippen LogP) is 4.38. The molecule has 1 aliphatic rings. The highest BCUT2D eigenvalue weighted by Crippen LogP contribution is 2.40. The molecule has 0 amide bonds. The number of benzene rings is 1. The maximum atomic E-state index is 11.4. The van der Waals surface area contributed by atoms with Gasteiger partial charge in [-0.15, -0.1) is 0 Å². The van der Waals surface area contributed by atoms with Crippen LogP contribution < -0.4 is 4.74 Å². The number of fused-ring (bicyclic) bond motifs is 1. The topological polar surface area (TPSA) is 46.5 Å². The lowest BCUT2D eigenvalue weighted by atomic mass is 9.84. The van der Waals surface area contributed by atoms with Gasteiger partial charge in [-0.2, -0.15) is 0 Å². The standard InChI is InChI=1S/C17H23BrO3/c1-17(2,16(19)20)10-12-9-11-7-5-4-6-8-13(11)14(18)15(12)21-3/h9H,4-8,10H2,1-3H3,(H,19,20). The Morgan fingerprint density at radius 1 is 1.33 bits per heavy atom. The van der Waals surface area contributed by atoms with Crippen LogP contribution in [0, 0.1) is 5.41 Å². The van der Waals surface area contributed by atoms with Crippen molar-refractivity contribution in [1.29, 1.82) is 0 Å². The Bertz CT molecular complexity index is 549. The Hall–Kier alpha value is -1.03. The number of carbonyl (C=O) groups is 1. The van der Waals surface area contributed by atoms with E-state index in [4.69, 9.17) is 4.74 Å². The van der Waals surface area contributed by atoms with Gasteiger partial charge < -0.3 is 9.84 Å². The zero-order valence-electron chi connectivity index (χ0n) is 13.0. The van der Waals surface area contributed by atoms with Gasteiger partial charge >= 0.3 is 5.97 Å². The highest BCUT2D eigenvalue weighted by molar-refractivity contribution is 9.10. The minimum absolute atomic E-state index is 0.470. The molecular formula is C17H23BrO3. The van der Waals surface area contributed by atoms with E-state index in [9.17, 15) is 9.90 Å². The monoisotopic (exact) mass is 354 g/mol. The zero-order valence-corrected chi connectivity index (χ0v) is 14.5. The van der Waals surface area contributed by atoms with Crippen LogP contribution in [0.15, 0.2) is 10.5 Å². The smallest absolute Gasteiger partial charge is 0.309 e. The summed E-state index contributed by atoms with van der Waals surface area (Å²) >= 11 is 3.68. The summed E-state index contributed by atoms with van der Waals surface area (Å²) in [5.74, 6) is 0.0144. The second kappa shape index (κ2) is 6.39. The van der Waals surface area contributed by atoms with E-state index in [1.807, 2.05) is 0 Å². The van der Waals surface area contributed by atoms with Crippen molar-refractivity contribution in [3.05, 3.63) is 27.2 Å². The molecule has 116 valence electrons. The normalized spacial score (nSPS) is 15.2. The Balaban J connectivity index is 2.48. The molecule has 0 bridgehead atoms. The summed E-state index contributed by atoms with van der Waals surface area (Å²) in [6, 6.07) is 2.16. The van der Waals surface area contributed by atoms with Gasteiger partial charge in [-0.3, -0.25) is 4.79 Å². The summed E-state index contributed by atoms with van der Waals surface area (Å²) in [4.78, 5) is 11.4. The second-order valence-corrected chi connectivity index (χ2v) is 7.24. The van der Waals surface area contributed by atoms with Crippen molar-refractivity contribution in [2.45, 2.75) is 52.4 Å². The van der Waals surface area contributed by atoms with Gasteiger partial charge in [-0.25, -0.2) is 0 Å². The molecule has 1 aliphatic carbocycles. The van der Waals surface area contributed by atoms with Gasteiger partial charge in [-0.1, -0.05) is 12.5 Å². The third-order valence-electron chi connectivity index (χ3n) is 4.28. The molecule has 0 saturated carbocycles. The molecule has 3 nitrogen and oxygen atoms in total. The first-order valence-corrected chi connectivity index (χ1v) is 8.26. The first-order chi connectivity index (χ1) is 9.86. The number of halogens is 1. The third kappa shape index (κ3) is 3.42. The highest BCUT2D eigenvalue weighted by atomic mass is 79.9. The van der Waals surface area contributed by atoms with E-state index in [0.717, 1.165) is 28.6 Å². The number of rotatable bonds is 4. The molecule has 21 heavy (non-hydrogen) atoms. The molecule has 1 N–H and O–H groups in total. The molecule has 0 aromatic heterocycles. The molecule has 0 heterocycles. The molecule has 0 saturated heterocycles. The summed E-state index contributed by atoms with van der Waals surface area (Å²) in [5.41, 5.74) is 2.86. The number of ether oxygens (including phenoxy) is 1. The lowest BCUT2D eigenvalue weighted by Crippen LogP contribution is -2.26. The van der Waals surface area contributed by atoms with E-state index >= 15 is 0 Å². The number of hydrogen-bond donors (Lipinski definition) is 1. The second-order valence-electron chi connectivity index (χ2n) is 6.45. The molecular weight excluding hydrogens is 332 g/mol. The van der Waals surface area contributed by atoms with Crippen LogP contribution in [0.25, 0.3) is 0 Å². The molecule has 0 radical (unpaired) electrons. The van der Waals surface area contributed by atoms with Gasteiger partial charge in [0.1, 0.15) is 5.75 Å². The van der Waals surface area contributed by atoms with E-state index in [0.29, 0.717) is 6.42 Å². The number of carboxylic acid groups (broad SMARTS) is 1. The average Bonchev–Trinajstić information content (AvgIpc) is 2.64. The van der Waals surface area contributed by atoms with Gasteiger partial charge in [0.25, 0.3) is 0 Å². The summed E-state index contributed by atoms with van der Waals surface area (Å²) in [6.07, 6.45) is 6.26. The average molecular weight is 355 g/mol. The highest BCUT2D eigenvalue weighted by Gasteiger charge is 2.30. The van der Waals surface area contributed by atoms with Gasteiger partial charge in [0.05, 0.1) is 17.0 Å². The summed E-state index contributed by atoms with van der Waals surface area (Å²) in [5, 5.41) is 9.37. The number of carboxylic acids is 1. The largest absolute Gasteiger partial charge is 0.495 e. The Labute approximate surface area is 134 Å².